The van der Waals surface area contributed by atoms with Gasteiger partial charge in [0.2, 0.25) is 12.7 Å². The Balaban J connectivity index is 1.46. The average Bonchev–Trinajstić information content (AvgIpc) is 3.39. The summed E-state index contributed by atoms with van der Waals surface area (Å²) in [4.78, 5) is 24.1. The maximum atomic E-state index is 13.3. The predicted molar refractivity (Wildman–Crippen MR) is 111 cm³/mol. The molecule has 1 aliphatic heterocycles. The molecule has 2 aromatic heterocycles. The molecule has 0 bridgehead atoms. The highest BCUT2D eigenvalue weighted by molar-refractivity contribution is 7.22. The van der Waals surface area contributed by atoms with Crippen LogP contribution in [0.15, 0.2) is 66.9 Å². The Morgan fingerprint density at radius 2 is 1.90 bits per heavy atom. The van der Waals surface area contributed by atoms with E-state index < -0.39 is 0 Å². The summed E-state index contributed by atoms with van der Waals surface area (Å²) in [6.45, 7) is 0.578. The van der Waals surface area contributed by atoms with Gasteiger partial charge in [0.25, 0.3) is 0 Å². The van der Waals surface area contributed by atoms with Gasteiger partial charge in [-0.05, 0) is 42.0 Å². The molecule has 0 N–H and O–H groups in total. The number of hydrogen-bond donors (Lipinski definition) is 0. The quantitative estimate of drug-likeness (QED) is 0.500. The van der Waals surface area contributed by atoms with Crippen LogP contribution in [-0.4, -0.2) is 22.7 Å². The number of thiazole rings is 1. The van der Waals surface area contributed by atoms with Crippen molar-refractivity contribution in [3.05, 3.63) is 78.1 Å². The molecule has 1 amide bonds. The zero-order chi connectivity index (χ0) is 19.6. The van der Waals surface area contributed by atoms with Gasteiger partial charge in [0, 0.05) is 6.20 Å². The number of carbonyl (C=O) groups is 1. The number of pyridine rings is 1. The summed E-state index contributed by atoms with van der Waals surface area (Å²) in [7, 11) is 0. The number of ether oxygens (including phenoxy) is 2. The Bertz CT molecular complexity index is 1140. The van der Waals surface area contributed by atoms with Crippen molar-refractivity contribution in [3.8, 4) is 11.5 Å². The molecule has 7 heteroatoms. The predicted octanol–water partition coefficient (Wildman–Crippen LogP) is 4.20. The second-order valence-corrected chi connectivity index (χ2v) is 7.64. The van der Waals surface area contributed by atoms with Crippen molar-refractivity contribution in [1.82, 2.24) is 9.97 Å². The maximum absolute atomic E-state index is 13.3. The third-order valence-corrected chi connectivity index (χ3v) is 5.71. The maximum Gasteiger partial charge on any atom is 0.233 e. The fraction of sp³-hybridized carbons (Fsp3) is 0.136. The molecule has 3 heterocycles. The van der Waals surface area contributed by atoms with Crippen LogP contribution in [0.25, 0.3) is 10.2 Å². The number of anilines is 1. The third kappa shape index (κ3) is 3.64. The van der Waals surface area contributed by atoms with Crippen LogP contribution in [-0.2, 0) is 17.8 Å². The van der Waals surface area contributed by atoms with Gasteiger partial charge < -0.3 is 9.47 Å². The smallest absolute Gasteiger partial charge is 0.233 e. The third-order valence-electron chi connectivity index (χ3n) is 4.65. The fourth-order valence-electron chi connectivity index (χ4n) is 3.21. The zero-order valence-corrected chi connectivity index (χ0v) is 16.3. The van der Waals surface area contributed by atoms with Gasteiger partial charge in [-0.2, -0.15) is 0 Å². The molecule has 0 fully saturated rings. The minimum Gasteiger partial charge on any atom is -0.454 e. The van der Waals surface area contributed by atoms with E-state index in [2.05, 4.69) is 9.97 Å². The molecule has 0 unspecified atom stereocenters. The second kappa shape index (κ2) is 7.52. The molecule has 0 aliphatic carbocycles. The van der Waals surface area contributed by atoms with E-state index in [1.165, 1.54) is 11.3 Å². The first-order valence-electron chi connectivity index (χ1n) is 9.21. The van der Waals surface area contributed by atoms with Crippen molar-refractivity contribution in [1.29, 1.82) is 0 Å². The standard InChI is InChI=1S/C22H17N3O3S/c26-21(12-15-8-9-18-19(11-15)28-14-27-18)25(13-16-5-3-4-10-23-16)22-24-17-6-1-2-7-20(17)29-22/h1-11H,12-14H2. The van der Waals surface area contributed by atoms with Crippen molar-refractivity contribution in [2.45, 2.75) is 13.0 Å². The zero-order valence-electron chi connectivity index (χ0n) is 15.4. The molecule has 144 valence electrons. The van der Waals surface area contributed by atoms with Crippen LogP contribution in [0.3, 0.4) is 0 Å². The first-order valence-corrected chi connectivity index (χ1v) is 10.0. The van der Waals surface area contributed by atoms with Crippen LogP contribution < -0.4 is 14.4 Å². The Kier molecular flexibility index (Phi) is 4.57. The Labute approximate surface area is 171 Å². The van der Waals surface area contributed by atoms with Crippen molar-refractivity contribution in [2.24, 2.45) is 0 Å². The highest BCUT2D eigenvalue weighted by atomic mass is 32.1. The molecule has 1 aliphatic rings. The van der Waals surface area contributed by atoms with E-state index in [0.717, 1.165) is 21.5 Å². The summed E-state index contributed by atoms with van der Waals surface area (Å²) < 4.78 is 11.8. The lowest BCUT2D eigenvalue weighted by Gasteiger charge is -2.19. The largest absolute Gasteiger partial charge is 0.454 e. The summed E-state index contributed by atoms with van der Waals surface area (Å²) in [6.07, 6.45) is 1.97. The van der Waals surface area contributed by atoms with E-state index in [4.69, 9.17) is 9.47 Å². The second-order valence-electron chi connectivity index (χ2n) is 6.63. The first-order chi connectivity index (χ1) is 14.3. The molecular formula is C22H17N3O3S. The number of rotatable bonds is 5. The lowest BCUT2D eigenvalue weighted by atomic mass is 10.1. The number of nitrogens with zero attached hydrogens (tertiary/aromatic N) is 3. The molecule has 5 rings (SSSR count). The van der Waals surface area contributed by atoms with Crippen LogP contribution in [0.2, 0.25) is 0 Å². The molecule has 29 heavy (non-hydrogen) atoms. The molecule has 4 aromatic rings. The van der Waals surface area contributed by atoms with Gasteiger partial charge in [-0.15, -0.1) is 0 Å². The number of fused-ring (bicyclic) bond motifs is 2. The van der Waals surface area contributed by atoms with E-state index in [0.29, 0.717) is 23.2 Å². The van der Waals surface area contributed by atoms with Crippen LogP contribution in [0.5, 0.6) is 11.5 Å². The van der Waals surface area contributed by atoms with Gasteiger partial charge in [-0.3, -0.25) is 14.7 Å². The summed E-state index contributed by atoms with van der Waals surface area (Å²) in [5.41, 5.74) is 2.56. The van der Waals surface area contributed by atoms with Gasteiger partial charge in [0.1, 0.15) is 0 Å². The van der Waals surface area contributed by atoms with E-state index >= 15 is 0 Å². The van der Waals surface area contributed by atoms with Crippen molar-refractivity contribution in [3.63, 3.8) is 0 Å². The van der Waals surface area contributed by atoms with Gasteiger partial charge in [-0.25, -0.2) is 4.98 Å². The molecule has 2 aromatic carbocycles. The minimum atomic E-state index is -0.0476. The highest BCUT2D eigenvalue weighted by Crippen LogP contribution is 2.33. The number of benzene rings is 2. The lowest BCUT2D eigenvalue weighted by molar-refractivity contribution is -0.118. The summed E-state index contributed by atoms with van der Waals surface area (Å²) in [5.74, 6) is 1.33. The van der Waals surface area contributed by atoms with E-state index in [1.807, 2.05) is 60.7 Å². The van der Waals surface area contributed by atoms with E-state index in [-0.39, 0.29) is 19.1 Å². The number of para-hydroxylation sites is 1. The molecule has 0 saturated carbocycles. The minimum absolute atomic E-state index is 0.0476. The first kappa shape index (κ1) is 17.6. The van der Waals surface area contributed by atoms with Crippen LogP contribution in [0, 0.1) is 0 Å². The molecule has 6 nitrogen and oxygen atoms in total. The van der Waals surface area contributed by atoms with Crippen molar-refractivity contribution >= 4 is 32.6 Å². The number of aromatic nitrogens is 2. The normalized spacial score (nSPS) is 12.3. The van der Waals surface area contributed by atoms with Crippen LogP contribution >= 0.6 is 11.3 Å². The topological polar surface area (TPSA) is 64.6 Å². The molecule has 0 radical (unpaired) electrons. The summed E-state index contributed by atoms with van der Waals surface area (Å²) >= 11 is 1.51. The van der Waals surface area contributed by atoms with Gasteiger partial charge in [0.15, 0.2) is 16.6 Å². The van der Waals surface area contributed by atoms with Gasteiger partial charge in [0.05, 0.1) is 28.9 Å². The average molecular weight is 403 g/mol. The van der Waals surface area contributed by atoms with Crippen molar-refractivity contribution in [2.75, 3.05) is 11.7 Å². The number of amides is 1. The highest BCUT2D eigenvalue weighted by Gasteiger charge is 2.22. The monoisotopic (exact) mass is 403 g/mol. The number of hydrogen-bond acceptors (Lipinski definition) is 6. The van der Waals surface area contributed by atoms with Crippen molar-refractivity contribution < 1.29 is 14.3 Å². The van der Waals surface area contributed by atoms with E-state index in [9.17, 15) is 4.79 Å². The Hall–Kier alpha value is -3.45. The molecule has 0 spiro atoms. The van der Waals surface area contributed by atoms with Gasteiger partial charge in [-0.1, -0.05) is 35.6 Å². The Morgan fingerprint density at radius 1 is 1.03 bits per heavy atom. The molecular weight excluding hydrogens is 386 g/mol. The summed E-state index contributed by atoms with van der Waals surface area (Å²) in [5, 5.41) is 0.669. The van der Waals surface area contributed by atoms with Crippen LogP contribution in [0.4, 0.5) is 5.13 Å². The molecule has 0 saturated heterocycles. The van der Waals surface area contributed by atoms with E-state index in [1.54, 1.807) is 11.1 Å². The molecule has 0 atom stereocenters. The fourth-order valence-corrected chi connectivity index (χ4v) is 4.19. The lowest BCUT2D eigenvalue weighted by Crippen LogP contribution is -2.32. The van der Waals surface area contributed by atoms with Gasteiger partial charge >= 0.3 is 0 Å². The summed E-state index contributed by atoms with van der Waals surface area (Å²) in [6, 6.07) is 19.2. The number of carbonyl (C=O) groups excluding carboxylic acids is 1. The van der Waals surface area contributed by atoms with Crippen LogP contribution in [0.1, 0.15) is 11.3 Å². The Morgan fingerprint density at radius 3 is 2.76 bits per heavy atom. The SMILES string of the molecule is O=C(Cc1ccc2c(c1)OCO2)N(Cc1ccccn1)c1nc2ccccc2s1.